The summed E-state index contributed by atoms with van der Waals surface area (Å²) >= 11 is 0. The van der Waals surface area contributed by atoms with E-state index in [0.717, 1.165) is 26.1 Å². The Kier molecular flexibility index (Phi) is 4.54. The summed E-state index contributed by atoms with van der Waals surface area (Å²) in [6.45, 7) is 7.01. The van der Waals surface area contributed by atoms with Crippen LogP contribution in [-0.4, -0.2) is 54.5 Å². The van der Waals surface area contributed by atoms with Gasteiger partial charge in [0.15, 0.2) is 0 Å². The predicted octanol–water partition coefficient (Wildman–Crippen LogP) is 0.817. The Morgan fingerprint density at radius 1 is 1.33 bits per heavy atom. The first-order valence-electron chi connectivity index (χ1n) is 7.76. The molecule has 0 saturated carbocycles. The number of aromatic nitrogens is 2. The van der Waals surface area contributed by atoms with Crippen molar-refractivity contribution in [1.29, 1.82) is 0 Å². The molecule has 0 aromatic carbocycles. The molecule has 0 aliphatic carbocycles. The Morgan fingerprint density at radius 3 is 2.90 bits per heavy atom. The van der Waals surface area contributed by atoms with Crippen LogP contribution in [0.15, 0.2) is 4.52 Å². The fourth-order valence-corrected chi connectivity index (χ4v) is 2.90. The molecule has 2 N–H and O–H groups in total. The molecule has 0 amide bonds. The van der Waals surface area contributed by atoms with Crippen LogP contribution in [0.25, 0.3) is 0 Å². The molecule has 1 atom stereocenters. The zero-order valence-corrected chi connectivity index (χ0v) is 12.6. The van der Waals surface area contributed by atoms with E-state index < -0.39 is 5.54 Å². The molecule has 1 unspecified atom stereocenters. The van der Waals surface area contributed by atoms with Crippen LogP contribution in [0.1, 0.15) is 44.0 Å². The number of ether oxygens (including phenoxy) is 2. The summed E-state index contributed by atoms with van der Waals surface area (Å²) < 4.78 is 16.5. The van der Waals surface area contributed by atoms with Gasteiger partial charge in [0, 0.05) is 26.3 Å². The van der Waals surface area contributed by atoms with E-state index in [-0.39, 0.29) is 6.10 Å². The molecule has 2 saturated heterocycles. The molecule has 7 heteroatoms. The summed E-state index contributed by atoms with van der Waals surface area (Å²) in [5, 5.41) is 4.10. The highest BCUT2D eigenvalue weighted by molar-refractivity contribution is 5.05. The van der Waals surface area contributed by atoms with Gasteiger partial charge in [-0.1, -0.05) is 12.1 Å². The number of morpholine rings is 1. The van der Waals surface area contributed by atoms with Gasteiger partial charge in [0.2, 0.25) is 11.7 Å². The van der Waals surface area contributed by atoms with E-state index in [1.165, 1.54) is 0 Å². The van der Waals surface area contributed by atoms with E-state index in [1.54, 1.807) is 0 Å². The van der Waals surface area contributed by atoms with Gasteiger partial charge in [0.05, 0.1) is 6.61 Å². The summed E-state index contributed by atoms with van der Waals surface area (Å²) in [6, 6.07) is 0. The normalized spacial score (nSPS) is 26.9. The molecule has 0 radical (unpaired) electrons. The minimum atomic E-state index is -0.554. The van der Waals surface area contributed by atoms with Gasteiger partial charge in [-0.3, -0.25) is 4.90 Å². The van der Waals surface area contributed by atoms with E-state index >= 15 is 0 Å². The number of rotatable bonds is 4. The molecule has 0 spiro atoms. The summed E-state index contributed by atoms with van der Waals surface area (Å²) in [4.78, 5) is 6.89. The molecule has 2 aliphatic rings. The van der Waals surface area contributed by atoms with Crippen molar-refractivity contribution in [3.8, 4) is 0 Å². The minimum absolute atomic E-state index is 0.119. The Bertz CT molecular complexity index is 457. The van der Waals surface area contributed by atoms with Gasteiger partial charge in [-0.15, -0.1) is 0 Å². The fourth-order valence-electron chi connectivity index (χ4n) is 2.90. The molecule has 0 bridgehead atoms. The standard InChI is InChI=1S/C14H24N4O3/c1-2-5-18-6-9-20-11(10-18)12-16-13(21-17-12)14(15)3-7-19-8-4-14/h11H,2-10,15H2,1H3. The van der Waals surface area contributed by atoms with Crippen molar-refractivity contribution in [3.05, 3.63) is 11.7 Å². The highest BCUT2D eigenvalue weighted by Crippen LogP contribution is 2.29. The SMILES string of the molecule is CCCN1CCOC(c2noc(C3(N)CCOCC3)n2)C1. The molecule has 1 aromatic rings. The highest BCUT2D eigenvalue weighted by Gasteiger charge is 2.37. The topological polar surface area (TPSA) is 86.6 Å². The Labute approximate surface area is 124 Å². The second-order valence-corrected chi connectivity index (χ2v) is 5.89. The van der Waals surface area contributed by atoms with Crippen molar-refractivity contribution in [1.82, 2.24) is 15.0 Å². The van der Waals surface area contributed by atoms with Gasteiger partial charge in [-0.25, -0.2) is 0 Å². The quantitative estimate of drug-likeness (QED) is 0.880. The molecule has 2 fully saturated rings. The number of nitrogens with two attached hydrogens (primary N) is 1. The van der Waals surface area contributed by atoms with Gasteiger partial charge < -0.3 is 19.7 Å². The first-order chi connectivity index (χ1) is 10.2. The Morgan fingerprint density at radius 2 is 2.14 bits per heavy atom. The highest BCUT2D eigenvalue weighted by atomic mass is 16.5. The average molecular weight is 296 g/mol. The Hall–Kier alpha value is -1.02. The molecule has 1 aromatic heterocycles. The van der Waals surface area contributed by atoms with Crippen molar-refractivity contribution in [2.45, 2.75) is 37.8 Å². The third kappa shape index (κ3) is 3.26. The van der Waals surface area contributed by atoms with E-state index in [0.29, 0.717) is 44.4 Å². The molecular formula is C14H24N4O3. The zero-order chi connectivity index (χ0) is 14.7. The van der Waals surface area contributed by atoms with Crippen molar-refractivity contribution in [2.75, 3.05) is 39.5 Å². The summed E-state index contributed by atoms with van der Waals surface area (Å²) in [7, 11) is 0. The van der Waals surface area contributed by atoms with Gasteiger partial charge in [0.25, 0.3) is 0 Å². The van der Waals surface area contributed by atoms with Crippen molar-refractivity contribution in [2.24, 2.45) is 5.73 Å². The van der Waals surface area contributed by atoms with E-state index in [4.69, 9.17) is 19.7 Å². The summed E-state index contributed by atoms with van der Waals surface area (Å²) in [6.07, 6.45) is 2.44. The van der Waals surface area contributed by atoms with E-state index in [2.05, 4.69) is 22.0 Å². The van der Waals surface area contributed by atoms with Crippen LogP contribution < -0.4 is 5.73 Å². The molecule has 3 heterocycles. The first kappa shape index (κ1) is 14.9. The van der Waals surface area contributed by atoms with Crippen LogP contribution in [0.5, 0.6) is 0 Å². The molecule has 7 nitrogen and oxygen atoms in total. The van der Waals surface area contributed by atoms with Gasteiger partial charge >= 0.3 is 0 Å². The summed E-state index contributed by atoms with van der Waals surface area (Å²) in [5.41, 5.74) is 5.82. The largest absolute Gasteiger partial charge is 0.381 e. The zero-order valence-electron chi connectivity index (χ0n) is 12.6. The molecule has 118 valence electrons. The smallest absolute Gasteiger partial charge is 0.247 e. The minimum Gasteiger partial charge on any atom is -0.381 e. The lowest BCUT2D eigenvalue weighted by molar-refractivity contribution is -0.0350. The second kappa shape index (κ2) is 6.39. The third-order valence-electron chi connectivity index (χ3n) is 4.23. The lowest BCUT2D eigenvalue weighted by Crippen LogP contribution is -2.42. The van der Waals surface area contributed by atoms with Crippen LogP contribution in [0.4, 0.5) is 0 Å². The van der Waals surface area contributed by atoms with E-state index in [1.807, 2.05) is 0 Å². The number of nitrogens with zero attached hydrogens (tertiary/aromatic N) is 3. The summed E-state index contributed by atoms with van der Waals surface area (Å²) in [5.74, 6) is 1.12. The molecule has 3 rings (SSSR count). The van der Waals surface area contributed by atoms with Crippen molar-refractivity contribution >= 4 is 0 Å². The first-order valence-corrected chi connectivity index (χ1v) is 7.76. The lowest BCUT2D eigenvalue weighted by atomic mass is 9.91. The van der Waals surface area contributed by atoms with Gasteiger partial charge in [-0.05, 0) is 25.8 Å². The average Bonchev–Trinajstić information content (AvgIpc) is 2.99. The molecule has 21 heavy (non-hydrogen) atoms. The predicted molar refractivity (Wildman–Crippen MR) is 75.6 cm³/mol. The van der Waals surface area contributed by atoms with Crippen LogP contribution in [-0.2, 0) is 15.0 Å². The third-order valence-corrected chi connectivity index (χ3v) is 4.23. The monoisotopic (exact) mass is 296 g/mol. The maximum Gasteiger partial charge on any atom is 0.247 e. The van der Waals surface area contributed by atoms with Crippen LogP contribution >= 0.6 is 0 Å². The van der Waals surface area contributed by atoms with E-state index in [9.17, 15) is 0 Å². The second-order valence-electron chi connectivity index (χ2n) is 5.89. The van der Waals surface area contributed by atoms with Crippen LogP contribution in [0.3, 0.4) is 0 Å². The van der Waals surface area contributed by atoms with Crippen LogP contribution in [0.2, 0.25) is 0 Å². The molecular weight excluding hydrogens is 272 g/mol. The van der Waals surface area contributed by atoms with Crippen molar-refractivity contribution < 1.29 is 14.0 Å². The number of hydrogen-bond donors (Lipinski definition) is 1. The molecule has 2 aliphatic heterocycles. The maximum absolute atomic E-state index is 6.37. The van der Waals surface area contributed by atoms with Crippen LogP contribution in [0, 0.1) is 0 Å². The maximum atomic E-state index is 6.37. The van der Waals surface area contributed by atoms with Gasteiger partial charge in [0.1, 0.15) is 11.6 Å². The number of hydrogen-bond acceptors (Lipinski definition) is 7. The lowest BCUT2D eigenvalue weighted by Gasteiger charge is -2.31. The van der Waals surface area contributed by atoms with Gasteiger partial charge in [-0.2, -0.15) is 4.98 Å². The fraction of sp³-hybridized carbons (Fsp3) is 0.857. The van der Waals surface area contributed by atoms with Crippen molar-refractivity contribution in [3.63, 3.8) is 0 Å². The Balaban J connectivity index is 1.69.